The number of benzene rings is 1. The molecule has 0 radical (unpaired) electrons. The predicted molar refractivity (Wildman–Crippen MR) is 105 cm³/mol. The van der Waals surface area contributed by atoms with Crippen LogP contribution in [0.3, 0.4) is 0 Å². The molecule has 4 fully saturated rings. The van der Waals surface area contributed by atoms with Crippen molar-refractivity contribution in [3.05, 3.63) is 35.0 Å². The summed E-state index contributed by atoms with van der Waals surface area (Å²) in [7, 11) is 0. The number of fused-ring (bicyclic) bond motifs is 3. The Kier molecular flexibility index (Phi) is 2.81. The van der Waals surface area contributed by atoms with E-state index in [4.69, 9.17) is 0 Å². The number of hydrogen-bond acceptors (Lipinski definition) is 1. The van der Waals surface area contributed by atoms with E-state index >= 15 is 0 Å². The van der Waals surface area contributed by atoms with E-state index in [-0.39, 0.29) is 0 Å². The van der Waals surface area contributed by atoms with Crippen molar-refractivity contribution in [3.63, 3.8) is 0 Å². The molecule has 136 valence electrons. The zero-order valence-corrected chi connectivity index (χ0v) is 15.8. The van der Waals surface area contributed by atoms with Crippen LogP contribution in [0.5, 0.6) is 0 Å². The van der Waals surface area contributed by atoms with Gasteiger partial charge in [-0.3, -0.25) is 0 Å². The monoisotopic (exact) mass is 346 g/mol. The van der Waals surface area contributed by atoms with E-state index in [0.29, 0.717) is 11.5 Å². The summed E-state index contributed by atoms with van der Waals surface area (Å²) in [6, 6.07) is 8.33. The topological polar surface area (TPSA) is 17.0 Å². The highest BCUT2D eigenvalue weighted by Gasteiger charge is 2.51. The molecule has 1 atom stereocenters. The fourth-order valence-electron chi connectivity index (χ4n) is 8.31. The number of aromatic nitrogens is 1. The first-order chi connectivity index (χ1) is 12.8. The van der Waals surface area contributed by atoms with Gasteiger partial charge in [-0.15, -0.1) is 0 Å². The van der Waals surface area contributed by atoms with Crippen LogP contribution in [0.1, 0.15) is 74.2 Å². The van der Waals surface area contributed by atoms with Crippen molar-refractivity contribution >= 4 is 10.9 Å². The second-order valence-corrected chi connectivity index (χ2v) is 10.3. The summed E-state index contributed by atoms with van der Waals surface area (Å²) in [6.07, 6.45) is 13.0. The van der Waals surface area contributed by atoms with Crippen LogP contribution in [-0.4, -0.2) is 11.1 Å². The highest BCUT2D eigenvalue weighted by Crippen LogP contribution is 2.61. The maximum Gasteiger partial charge on any atom is 0.0486 e. The van der Waals surface area contributed by atoms with Crippen molar-refractivity contribution in [2.75, 3.05) is 6.54 Å². The van der Waals surface area contributed by atoms with Gasteiger partial charge in [0.2, 0.25) is 0 Å². The van der Waals surface area contributed by atoms with Gasteiger partial charge in [0.05, 0.1) is 0 Å². The predicted octanol–water partition coefficient (Wildman–Crippen LogP) is 5.09. The Morgan fingerprint density at radius 2 is 1.77 bits per heavy atom. The van der Waals surface area contributed by atoms with E-state index in [1.165, 1.54) is 44.0 Å². The van der Waals surface area contributed by atoms with E-state index in [9.17, 15) is 0 Å². The number of nitrogens with zero attached hydrogens (tertiary/aromatic N) is 1. The van der Waals surface area contributed by atoms with E-state index < -0.39 is 0 Å². The Morgan fingerprint density at radius 3 is 2.54 bits per heavy atom. The molecule has 1 aromatic carbocycles. The Labute approximate surface area is 156 Å². The third-order valence-corrected chi connectivity index (χ3v) is 8.84. The lowest BCUT2D eigenvalue weighted by Gasteiger charge is -2.57. The van der Waals surface area contributed by atoms with Crippen LogP contribution in [0.4, 0.5) is 0 Å². The summed E-state index contributed by atoms with van der Waals surface area (Å²) in [5.41, 5.74) is 7.09. The maximum absolute atomic E-state index is 3.78. The highest BCUT2D eigenvalue weighted by molar-refractivity contribution is 5.87. The van der Waals surface area contributed by atoms with Crippen molar-refractivity contribution in [1.29, 1.82) is 0 Å². The van der Waals surface area contributed by atoms with Crippen molar-refractivity contribution in [3.8, 4) is 0 Å². The van der Waals surface area contributed by atoms with Gasteiger partial charge in [0.1, 0.15) is 0 Å². The number of nitrogens with one attached hydrogen (secondary N) is 1. The molecule has 1 N–H and O–H groups in total. The number of aryl methyl sites for hydroxylation is 1. The molecule has 2 nitrogen and oxygen atoms in total. The summed E-state index contributed by atoms with van der Waals surface area (Å²) in [5.74, 6) is 3.10. The molecular weight excluding hydrogens is 316 g/mol. The van der Waals surface area contributed by atoms with Crippen molar-refractivity contribution in [2.24, 2.45) is 17.8 Å². The second kappa shape index (κ2) is 4.95. The van der Waals surface area contributed by atoms with E-state index in [1.807, 2.05) is 0 Å². The van der Waals surface area contributed by atoms with Gasteiger partial charge in [0, 0.05) is 35.7 Å². The summed E-state index contributed by atoms with van der Waals surface area (Å²) < 4.78 is 2.66. The van der Waals surface area contributed by atoms with E-state index in [0.717, 1.165) is 30.8 Å². The van der Waals surface area contributed by atoms with Gasteiger partial charge in [-0.25, -0.2) is 0 Å². The third-order valence-electron chi connectivity index (χ3n) is 8.84. The van der Waals surface area contributed by atoms with Gasteiger partial charge in [0.15, 0.2) is 0 Å². The molecule has 0 saturated heterocycles. The van der Waals surface area contributed by atoms with Gasteiger partial charge in [0.25, 0.3) is 0 Å². The molecule has 4 saturated carbocycles. The lowest BCUT2D eigenvalue weighted by Crippen LogP contribution is -2.48. The van der Waals surface area contributed by atoms with Crippen LogP contribution >= 0.6 is 0 Å². The quantitative estimate of drug-likeness (QED) is 0.761. The highest BCUT2D eigenvalue weighted by atomic mass is 15.1. The summed E-state index contributed by atoms with van der Waals surface area (Å²) >= 11 is 0. The van der Waals surface area contributed by atoms with Crippen molar-refractivity contribution in [2.45, 2.75) is 75.8 Å². The largest absolute Gasteiger partial charge is 0.342 e. The first kappa shape index (κ1) is 14.7. The standard InChI is InChI=1S/C24H30N2/c1-2-19-20-11-18(24-12-15-8-16(13-24)10-17(9-15)14-24)4-5-22(20)26-7-6-25-21(3-1)23(19)26/h4-5,11,15-17,21,25H,1-3,6-10,12-14H2/t15?,16?,17?,21-,24?/m0/s1. The molecule has 2 heteroatoms. The lowest BCUT2D eigenvalue weighted by molar-refractivity contribution is -0.00513. The van der Waals surface area contributed by atoms with Crippen LogP contribution in [0, 0.1) is 17.8 Å². The normalized spacial score (nSPS) is 40.2. The molecule has 2 heterocycles. The Morgan fingerprint density at radius 1 is 1.00 bits per heavy atom. The molecule has 1 aromatic heterocycles. The molecule has 0 unspecified atom stereocenters. The van der Waals surface area contributed by atoms with Gasteiger partial charge in [-0.05, 0) is 104 Å². The summed E-state index contributed by atoms with van der Waals surface area (Å²) in [6.45, 7) is 2.29. The molecule has 0 amide bonds. The molecule has 5 aliphatic carbocycles. The maximum atomic E-state index is 3.78. The van der Waals surface area contributed by atoms with Crippen LogP contribution in [-0.2, 0) is 18.4 Å². The van der Waals surface area contributed by atoms with Crippen molar-refractivity contribution < 1.29 is 0 Å². The van der Waals surface area contributed by atoms with Gasteiger partial charge >= 0.3 is 0 Å². The molecule has 26 heavy (non-hydrogen) atoms. The molecule has 2 aromatic rings. The molecule has 8 rings (SSSR count). The molecular formula is C24H30N2. The molecule has 0 spiro atoms. The van der Waals surface area contributed by atoms with Gasteiger partial charge in [-0.1, -0.05) is 6.07 Å². The fraction of sp³-hybridized carbons (Fsp3) is 0.667. The van der Waals surface area contributed by atoms with E-state index in [2.05, 4.69) is 28.1 Å². The Hall–Kier alpha value is -1.28. The minimum absolute atomic E-state index is 0.532. The average molecular weight is 347 g/mol. The van der Waals surface area contributed by atoms with Crippen LogP contribution in [0.15, 0.2) is 18.2 Å². The third kappa shape index (κ3) is 1.82. The zero-order chi connectivity index (χ0) is 16.9. The van der Waals surface area contributed by atoms with Crippen LogP contribution in [0.25, 0.3) is 10.9 Å². The minimum atomic E-state index is 0.532. The zero-order valence-electron chi connectivity index (χ0n) is 15.8. The molecule has 1 aliphatic heterocycles. The second-order valence-electron chi connectivity index (χ2n) is 10.3. The van der Waals surface area contributed by atoms with Crippen LogP contribution in [0.2, 0.25) is 0 Å². The lowest BCUT2D eigenvalue weighted by atomic mass is 9.48. The number of hydrogen-bond donors (Lipinski definition) is 1. The van der Waals surface area contributed by atoms with Gasteiger partial charge in [-0.2, -0.15) is 0 Å². The summed E-state index contributed by atoms with van der Waals surface area (Å²) in [4.78, 5) is 0. The SMILES string of the molecule is c1cc2c(cc1C13CC4CC(CC(C4)C1)C3)c1c3n2CCN[C@H]3CCC1. The van der Waals surface area contributed by atoms with Gasteiger partial charge < -0.3 is 9.88 Å². The Balaban J connectivity index is 1.41. The first-order valence-corrected chi connectivity index (χ1v) is 11.2. The van der Waals surface area contributed by atoms with E-state index in [1.54, 1.807) is 41.5 Å². The average Bonchev–Trinajstić information content (AvgIpc) is 2.97. The van der Waals surface area contributed by atoms with Crippen LogP contribution < -0.4 is 5.32 Å². The molecule has 4 bridgehead atoms. The molecule has 6 aliphatic rings. The summed E-state index contributed by atoms with van der Waals surface area (Å²) in [5, 5.41) is 5.39. The fourth-order valence-corrected chi connectivity index (χ4v) is 8.31. The van der Waals surface area contributed by atoms with Crippen molar-refractivity contribution in [1.82, 2.24) is 9.88 Å². The Bertz CT molecular complexity index is 867. The minimum Gasteiger partial charge on any atom is -0.342 e. The first-order valence-electron chi connectivity index (χ1n) is 11.2. The number of rotatable bonds is 1. The smallest absolute Gasteiger partial charge is 0.0486 e.